The lowest BCUT2D eigenvalue weighted by Crippen LogP contribution is -2.52. The maximum atomic E-state index is 13.3. The van der Waals surface area contributed by atoms with Crippen molar-refractivity contribution in [2.45, 2.75) is 51.6 Å². The molecule has 3 aliphatic heterocycles. The molecule has 31 heavy (non-hydrogen) atoms. The van der Waals surface area contributed by atoms with Gasteiger partial charge in [-0.25, -0.2) is 0 Å². The quantitative estimate of drug-likeness (QED) is 0.676. The first-order chi connectivity index (χ1) is 15.0. The van der Waals surface area contributed by atoms with Crippen LogP contribution in [0.2, 0.25) is 0 Å². The zero-order chi connectivity index (χ0) is 21.5. The molecule has 0 bridgehead atoms. The van der Waals surface area contributed by atoms with Crippen LogP contribution in [0.1, 0.15) is 45.6 Å². The number of piperidine rings is 1. The average Bonchev–Trinajstić information content (AvgIpc) is 3.30. The Kier molecular flexibility index (Phi) is 5.07. The van der Waals surface area contributed by atoms with Gasteiger partial charge >= 0.3 is 0 Å². The highest BCUT2D eigenvalue weighted by molar-refractivity contribution is 6.05. The predicted octanol–water partition coefficient (Wildman–Crippen LogP) is 0.379. The molecule has 0 radical (unpaired) electrons. The fourth-order valence-electron chi connectivity index (χ4n) is 4.83. The molecule has 3 aliphatic rings. The molecule has 9 nitrogen and oxygen atoms in total. The molecule has 2 N–H and O–H groups in total. The Morgan fingerprint density at radius 1 is 1.19 bits per heavy atom. The summed E-state index contributed by atoms with van der Waals surface area (Å²) in [5.41, 5.74) is 5.00. The van der Waals surface area contributed by atoms with Gasteiger partial charge in [-0.15, -0.1) is 0 Å². The van der Waals surface area contributed by atoms with Gasteiger partial charge in [0.05, 0.1) is 18.4 Å². The van der Waals surface area contributed by atoms with E-state index >= 15 is 0 Å². The number of aromatic nitrogens is 2. The normalized spacial score (nSPS) is 20.8. The standard InChI is InChI=1S/C22H26N6O3/c1-26(12-16-9-24-28-8-7-23-10-18(16)28)11-14-3-2-4-15-13-27(22(31)20(14)15)17-5-6-19(29)25-21(17)30/h2-4,9,17,23H,5-8,10-13H2,1H3,(H,25,29,30). The van der Waals surface area contributed by atoms with E-state index in [0.29, 0.717) is 25.1 Å². The van der Waals surface area contributed by atoms with Gasteiger partial charge < -0.3 is 10.2 Å². The average molecular weight is 422 g/mol. The summed E-state index contributed by atoms with van der Waals surface area (Å²) in [5, 5.41) is 10.2. The summed E-state index contributed by atoms with van der Waals surface area (Å²) < 4.78 is 2.06. The summed E-state index contributed by atoms with van der Waals surface area (Å²) in [6.07, 6.45) is 2.57. The Labute approximate surface area is 180 Å². The number of nitrogens with one attached hydrogen (secondary N) is 2. The van der Waals surface area contributed by atoms with Crippen LogP contribution in [0.25, 0.3) is 0 Å². The summed E-state index contributed by atoms with van der Waals surface area (Å²) in [4.78, 5) is 40.8. The minimum absolute atomic E-state index is 0.124. The van der Waals surface area contributed by atoms with Crippen molar-refractivity contribution >= 4 is 17.7 Å². The number of carbonyl (C=O) groups is 3. The first-order valence-electron chi connectivity index (χ1n) is 10.7. The van der Waals surface area contributed by atoms with Crippen molar-refractivity contribution in [3.05, 3.63) is 52.3 Å². The van der Waals surface area contributed by atoms with E-state index in [2.05, 4.69) is 25.3 Å². The minimum atomic E-state index is -0.588. The summed E-state index contributed by atoms with van der Waals surface area (Å²) >= 11 is 0. The zero-order valence-electron chi connectivity index (χ0n) is 17.6. The van der Waals surface area contributed by atoms with Gasteiger partial charge in [0.15, 0.2) is 0 Å². The van der Waals surface area contributed by atoms with Gasteiger partial charge in [-0.2, -0.15) is 5.10 Å². The van der Waals surface area contributed by atoms with E-state index in [9.17, 15) is 14.4 Å². The molecule has 2 aromatic rings. The van der Waals surface area contributed by atoms with E-state index in [1.54, 1.807) is 4.90 Å². The van der Waals surface area contributed by atoms with Crippen molar-refractivity contribution in [2.24, 2.45) is 0 Å². The minimum Gasteiger partial charge on any atom is -0.322 e. The van der Waals surface area contributed by atoms with Gasteiger partial charge in [0, 0.05) is 50.3 Å². The van der Waals surface area contributed by atoms with Crippen LogP contribution in [0.3, 0.4) is 0 Å². The summed E-state index contributed by atoms with van der Waals surface area (Å²) in [7, 11) is 2.04. The number of imide groups is 1. The lowest BCUT2D eigenvalue weighted by Gasteiger charge is -2.29. The van der Waals surface area contributed by atoms with Gasteiger partial charge in [-0.05, 0) is 24.6 Å². The van der Waals surface area contributed by atoms with E-state index in [0.717, 1.165) is 37.3 Å². The number of hydrogen-bond acceptors (Lipinski definition) is 6. The maximum Gasteiger partial charge on any atom is 0.255 e. The summed E-state index contributed by atoms with van der Waals surface area (Å²) in [6.45, 7) is 4.41. The SMILES string of the molecule is CN(Cc1cccc2c1C(=O)N(C1CCC(=O)NC1=O)C2)Cc1cnn2c1CNCC2. The van der Waals surface area contributed by atoms with Gasteiger partial charge in [-0.1, -0.05) is 18.2 Å². The second-order valence-corrected chi connectivity index (χ2v) is 8.54. The van der Waals surface area contributed by atoms with Crippen molar-refractivity contribution in [1.82, 2.24) is 30.2 Å². The molecule has 162 valence electrons. The highest BCUT2D eigenvalue weighted by atomic mass is 16.2. The molecule has 9 heteroatoms. The molecule has 1 atom stereocenters. The Hall–Kier alpha value is -3.04. The van der Waals surface area contributed by atoms with Crippen molar-refractivity contribution in [3.63, 3.8) is 0 Å². The number of hydrogen-bond donors (Lipinski definition) is 2. The molecular weight excluding hydrogens is 396 g/mol. The molecule has 0 saturated carbocycles. The van der Waals surface area contributed by atoms with Crippen LogP contribution in [-0.4, -0.2) is 56.9 Å². The fraction of sp³-hybridized carbons (Fsp3) is 0.455. The Balaban J connectivity index is 1.32. The van der Waals surface area contributed by atoms with Crippen LogP contribution in [0, 0.1) is 0 Å². The van der Waals surface area contributed by atoms with Crippen molar-refractivity contribution in [3.8, 4) is 0 Å². The van der Waals surface area contributed by atoms with Crippen LogP contribution in [-0.2, 0) is 42.3 Å². The van der Waals surface area contributed by atoms with Gasteiger partial charge in [0.2, 0.25) is 11.8 Å². The first-order valence-corrected chi connectivity index (χ1v) is 10.7. The third-order valence-corrected chi connectivity index (χ3v) is 6.35. The van der Waals surface area contributed by atoms with Crippen LogP contribution in [0.5, 0.6) is 0 Å². The van der Waals surface area contributed by atoms with Crippen LogP contribution in [0.15, 0.2) is 24.4 Å². The molecule has 1 fully saturated rings. The molecule has 0 spiro atoms. The summed E-state index contributed by atoms with van der Waals surface area (Å²) in [6, 6.07) is 5.31. The monoisotopic (exact) mass is 422 g/mol. The first kappa shape index (κ1) is 19.9. The molecule has 3 amide bonds. The van der Waals surface area contributed by atoms with E-state index in [1.165, 1.54) is 11.3 Å². The van der Waals surface area contributed by atoms with Crippen LogP contribution < -0.4 is 10.6 Å². The summed E-state index contributed by atoms with van der Waals surface area (Å²) in [5.74, 6) is -0.776. The molecule has 1 saturated heterocycles. The number of benzene rings is 1. The molecular formula is C22H26N6O3. The topological polar surface area (TPSA) is 99.6 Å². The molecule has 0 aliphatic carbocycles. The van der Waals surface area contributed by atoms with Gasteiger partial charge in [0.25, 0.3) is 5.91 Å². The predicted molar refractivity (Wildman–Crippen MR) is 112 cm³/mol. The van der Waals surface area contributed by atoms with E-state index in [4.69, 9.17) is 0 Å². The Morgan fingerprint density at radius 2 is 2.03 bits per heavy atom. The van der Waals surface area contributed by atoms with Crippen molar-refractivity contribution in [2.75, 3.05) is 13.6 Å². The number of rotatable bonds is 5. The lowest BCUT2D eigenvalue weighted by molar-refractivity contribution is -0.136. The number of fused-ring (bicyclic) bond motifs is 2. The highest BCUT2D eigenvalue weighted by Crippen LogP contribution is 2.30. The number of carbonyl (C=O) groups excluding carboxylic acids is 3. The fourth-order valence-corrected chi connectivity index (χ4v) is 4.83. The van der Waals surface area contributed by atoms with Gasteiger partial charge in [0.1, 0.15) is 6.04 Å². The smallest absolute Gasteiger partial charge is 0.255 e. The molecule has 1 aromatic carbocycles. The third kappa shape index (κ3) is 3.64. The maximum absolute atomic E-state index is 13.3. The largest absolute Gasteiger partial charge is 0.322 e. The highest BCUT2D eigenvalue weighted by Gasteiger charge is 2.40. The van der Waals surface area contributed by atoms with E-state index in [-0.39, 0.29) is 24.1 Å². The number of amides is 3. The van der Waals surface area contributed by atoms with Crippen molar-refractivity contribution in [1.29, 1.82) is 0 Å². The Morgan fingerprint density at radius 3 is 2.87 bits per heavy atom. The van der Waals surface area contributed by atoms with Crippen molar-refractivity contribution < 1.29 is 14.4 Å². The van der Waals surface area contributed by atoms with E-state index in [1.807, 2.05) is 31.4 Å². The second kappa shape index (κ2) is 7.90. The molecule has 5 rings (SSSR count). The molecule has 1 aromatic heterocycles. The van der Waals surface area contributed by atoms with Crippen LogP contribution in [0.4, 0.5) is 0 Å². The third-order valence-electron chi connectivity index (χ3n) is 6.35. The van der Waals surface area contributed by atoms with Gasteiger partial charge in [-0.3, -0.25) is 29.3 Å². The molecule has 4 heterocycles. The number of nitrogens with zero attached hydrogens (tertiary/aromatic N) is 4. The second-order valence-electron chi connectivity index (χ2n) is 8.54. The molecule has 1 unspecified atom stereocenters. The lowest BCUT2D eigenvalue weighted by atomic mass is 10.0. The zero-order valence-corrected chi connectivity index (χ0v) is 17.6. The van der Waals surface area contributed by atoms with Crippen LogP contribution >= 0.6 is 0 Å². The van der Waals surface area contributed by atoms with E-state index < -0.39 is 6.04 Å². The Bertz CT molecular complexity index is 1060.